The minimum absolute atomic E-state index is 0.0330. The first-order valence-corrected chi connectivity index (χ1v) is 29.0. The second-order valence-electron chi connectivity index (χ2n) is 23.2. The fourth-order valence-electron chi connectivity index (χ4n) is 11.2. The Morgan fingerprint density at radius 1 is 0.987 bits per heavy atom. The molecule has 2 fully saturated rings. The van der Waals surface area contributed by atoms with Gasteiger partial charge in [0, 0.05) is 47.9 Å². The number of aliphatic hydroxyl groups excluding tert-OH is 3. The van der Waals surface area contributed by atoms with Gasteiger partial charge in [0.2, 0.25) is 5.91 Å². The maximum absolute atomic E-state index is 14.8. The number of rotatable bonds is 23. The highest BCUT2D eigenvalue weighted by Crippen LogP contribution is 2.45. The van der Waals surface area contributed by atoms with Crippen LogP contribution in [-0.4, -0.2) is 99.5 Å². The summed E-state index contributed by atoms with van der Waals surface area (Å²) in [4.78, 5) is 21.6. The van der Waals surface area contributed by atoms with Crippen LogP contribution in [0.15, 0.2) is 102 Å². The van der Waals surface area contributed by atoms with E-state index in [-0.39, 0.29) is 41.5 Å². The van der Waals surface area contributed by atoms with E-state index in [0.717, 1.165) is 70.7 Å². The highest BCUT2D eigenvalue weighted by Gasteiger charge is 2.44. The van der Waals surface area contributed by atoms with Crippen molar-refractivity contribution in [3.05, 3.63) is 135 Å². The molecule has 1 saturated heterocycles. The number of thiazole rings is 1. The zero-order valence-electron chi connectivity index (χ0n) is 46.6. The molecule has 0 spiro atoms. The van der Waals surface area contributed by atoms with E-state index in [1.807, 2.05) is 82.3 Å². The molecule has 78 heavy (non-hydrogen) atoms. The van der Waals surface area contributed by atoms with Crippen molar-refractivity contribution < 1.29 is 38.4 Å². The van der Waals surface area contributed by atoms with E-state index >= 15 is 0 Å². The smallest absolute Gasteiger partial charge is 0.274 e. The van der Waals surface area contributed by atoms with Gasteiger partial charge < -0.3 is 30.1 Å². The molecule has 4 aromatic rings. The molecule has 0 bridgehead atoms. The van der Waals surface area contributed by atoms with Gasteiger partial charge in [0.05, 0.1) is 52.5 Å². The number of unbranched alkanes of at least 4 members (excludes halogenated alkanes) is 1. The van der Waals surface area contributed by atoms with Crippen LogP contribution in [0.25, 0.3) is 16.7 Å². The number of hydrogen-bond acceptors (Lipinski definition) is 12. The predicted octanol–water partition coefficient (Wildman–Crippen LogP) is 11.8. The molecule has 0 radical (unpaired) electrons. The van der Waals surface area contributed by atoms with Crippen molar-refractivity contribution in [2.24, 2.45) is 22.7 Å². The fraction of sp³-hybridized carbons (Fsp3) is 0.524. The number of hydrogen-bond donors (Lipinski definition) is 5. The zero-order valence-corrected chi connectivity index (χ0v) is 48.3. The number of carbonyl (C=O) groups excluding carboxylic acids is 1. The van der Waals surface area contributed by atoms with Gasteiger partial charge in [-0.1, -0.05) is 126 Å². The Kier molecular flexibility index (Phi) is 21.0. The average Bonchev–Trinajstić information content (AvgIpc) is 4.11. The van der Waals surface area contributed by atoms with E-state index in [9.17, 15) is 34.2 Å². The number of nitriles is 1. The fourth-order valence-corrected chi connectivity index (χ4v) is 12.4. The van der Waals surface area contributed by atoms with Crippen LogP contribution < -0.4 is 15.4 Å². The maximum atomic E-state index is 14.8. The second-order valence-corrected chi connectivity index (χ2v) is 24.6. The van der Waals surface area contributed by atoms with Gasteiger partial charge in [-0.25, -0.2) is 13.8 Å². The van der Waals surface area contributed by atoms with Crippen molar-refractivity contribution in [2.75, 3.05) is 32.9 Å². The molecule has 5 N–H and O–H groups in total. The summed E-state index contributed by atoms with van der Waals surface area (Å²) in [6.45, 7) is 19.8. The van der Waals surface area contributed by atoms with Crippen molar-refractivity contribution in [1.29, 1.82) is 5.26 Å². The number of benzene rings is 3. The number of nitrogens with zero attached hydrogens (tertiary/aromatic N) is 3. The number of halogens is 2. The summed E-state index contributed by atoms with van der Waals surface area (Å²) < 4.78 is 41.5. The third kappa shape index (κ3) is 15.2. The largest absolute Gasteiger partial charge is 0.494 e. The van der Waals surface area contributed by atoms with Crippen LogP contribution in [0.2, 0.25) is 0 Å². The summed E-state index contributed by atoms with van der Waals surface area (Å²) >= 11 is 7.73. The maximum Gasteiger partial charge on any atom is 0.274 e. The SMILES string of the molecule is C=C1C(Cc2ccc(-c3ccc(OCCCCOCC(=O)N[C@H](C(O)N4CCC[C@H]4C(O)NCC4=CC=C(c5scnc5C)CC4)C(C)(C)C)cc3)cc2)C(=S)CCC(Cc2ccc(C#N)c(C(F)(F)CC)c2)C(O)C1(C)C. The molecule has 11 nitrogen and oxygen atoms in total. The van der Waals surface area contributed by atoms with Gasteiger partial charge in [-0.15, -0.1) is 11.3 Å². The van der Waals surface area contributed by atoms with Crippen LogP contribution in [0.1, 0.15) is 132 Å². The molecule has 1 amide bonds. The van der Waals surface area contributed by atoms with Crippen LogP contribution in [-0.2, 0) is 28.3 Å². The van der Waals surface area contributed by atoms with E-state index in [1.165, 1.54) is 35.1 Å². The molecule has 1 aromatic heterocycles. The molecule has 420 valence electrons. The van der Waals surface area contributed by atoms with Crippen LogP contribution in [0.4, 0.5) is 8.78 Å². The van der Waals surface area contributed by atoms with Crippen LogP contribution in [0.3, 0.4) is 0 Å². The van der Waals surface area contributed by atoms with Crippen molar-refractivity contribution in [3.8, 4) is 22.9 Å². The molecule has 2 aliphatic carbocycles. The Balaban J connectivity index is 0.815. The minimum atomic E-state index is -3.12. The first kappa shape index (κ1) is 60.6. The number of aliphatic hydroxyl groups is 3. The number of allylic oxidation sites excluding steroid dienone is 3. The van der Waals surface area contributed by atoms with Crippen LogP contribution >= 0.6 is 23.6 Å². The quantitative estimate of drug-likeness (QED) is 0.0208. The third-order valence-corrected chi connectivity index (χ3v) is 17.8. The van der Waals surface area contributed by atoms with Gasteiger partial charge in [-0.3, -0.25) is 15.0 Å². The molecule has 15 heteroatoms. The third-order valence-electron chi connectivity index (χ3n) is 16.3. The highest BCUT2D eigenvalue weighted by molar-refractivity contribution is 7.80. The van der Waals surface area contributed by atoms with Gasteiger partial charge in [-0.2, -0.15) is 5.26 Å². The molecule has 5 unspecified atom stereocenters. The van der Waals surface area contributed by atoms with Crippen LogP contribution in [0.5, 0.6) is 5.75 Å². The number of ether oxygens (including phenoxy) is 2. The molecule has 3 aliphatic rings. The normalized spacial score (nSPS) is 21.4. The Morgan fingerprint density at radius 3 is 2.32 bits per heavy atom. The number of aryl methyl sites for hydroxylation is 1. The minimum Gasteiger partial charge on any atom is -0.494 e. The van der Waals surface area contributed by atoms with Crippen molar-refractivity contribution >= 4 is 39.9 Å². The van der Waals surface area contributed by atoms with E-state index in [2.05, 4.69) is 58.6 Å². The molecule has 1 saturated carbocycles. The highest BCUT2D eigenvalue weighted by atomic mass is 32.1. The van der Waals surface area contributed by atoms with Crippen molar-refractivity contribution in [3.63, 3.8) is 0 Å². The summed E-state index contributed by atoms with van der Waals surface area (Å²) in [5, 5.41) is 50.8. The Labute approximate surface area is 470 Å². The number of aromatic nitrogens is 1. The predicted molar refractivity (Wildman–Crippen MR) is 311 cm³/mol. The van der Waals surface area contributed by atoms with Crippen molar-refractivity contribution in [1.82, 2.24) is 20.5 Å². The zero-order chi connectivity index (χ0) is 56.4. The monoisotopic (exact) mass is 1110 g/mol. The standard InChI is InChI=1S/C63H81F2N5O6S2/c1-9-63(64,65)52-35-44(18-23-49(52)36-66)33-48-26-29-54(77)51(40(2)62(7,8)58(48)72)34-42-14-19-45(20-15-42)46-24-27-50(28-25-46)76-32-11-10-31-75-38-55(71)69-57(61(4,5)6)60(74)70-30-12-13-53(70)59(73)67-37-43-16-21-47(22-17-43)56-41(3)68-39-78-56/h14-16,18-21,23-25,27-28,35,39,48,51,53,57-60,67,72-74H,2,9-13,17,22,26,29-34,37-38H2,1,3-8H3,(H,69,71)/t48?,51?,53-,57+,58?,59?,60?/m0/s1. The Bertz CT molecular complexity index is 2800. The number of carbonyl (C=O) groups is 1. The number of likely N-dealkylation sites (tertiary alicyclic amines) is 1. The number of thiocarbonyl (C=S) groups is 1. The first-order chi connectivity index (χ1) is 37.1. The second kappa shape index (κ2) is 27.0. The number of alkyl halides is 2. The summed E-state index contributed by atoms with van der Waals surface area (Å²) in [6.07, 6.45) is 8.33. The van der Waals surface area contributed by atoms with Gasteiger partial charge in [0.1, 0.15) is 24.8 Å². The topological polar surface area (TPSA) is 160 Å². The van der Waals surface area contributed by atoms with E-state index < -0.39 is 47.8 Å². The molecular weight excluding hydrogens is 1020 g/mol. The lowest BCUT2D eigenvalue weighted by atomic mass is 9.64. The molecule has 7 atom stereocenters. The van der Waals surface area contributed by atoms with Gasteiger partial charge in [0.15, 0.2) is 0 Å². The van der Waals surface area contributed by atoms with E-state index in [0.29, 0.717) is 64.0 Å². The first-order valence-electron chi connectivity index (χ1n) is 27.8. The summed E-state index contributed by atoms with van der Waals surface area (Å²) in [5.74, 6) is -3.04. The lowest BCUT2D eigenvalue weighted by Gasteiger charge is -2.43. The molecular formula is C63H81F2N5O6S2. The molecule has 3 aromatic carbocycles. The molecule has 1 aliphatic heterocycles. The average molecular weight is 1110 g/mol. The van der Waals surface area contributed by atoms with Crippen molar-refractivity contribution in [2.45, 2.75) is 156 Å². The van der Waals surface area contributed by atoms with Gasteiger partial charge >= 0.3 is 0 Å². The number of nitrogens with one attached hydrogen (secondary N) is 2. The molecule has 2 heterocycles. The lowest BCUT2D eigenvalue weighted by molar-refractivity contribution is -0.133. The summed E-state index contributed by atoms with van der Waals surface area (Å²) in [6, 6.07) is 22.0. The number of amides is 1. The molecule has 7 rings (SSSR count). The van der Waals surface area contributed by atoms with E-state index in [4.69, 9.17) is 21.7 Å². The summed E-state index contributed by atoms with van der Waals surface area (Å²) in [7, 11) is 0. The van der Waals surface area contributed by atoms with Gasteiger partial charge in [0.25, 0.3) is 5.92 Å². The Hall–Kier alpha value is -5.02. The van der Waals surface area contributed by atoms with Crippen LogP contribution in [0, 0.1) is 40.9 Å². The lowest BCUT2D eigenvalue weighted by Crippen LogP contribution is -2.61. The Morgan fingerprint density at radius 2 is 1.68 bits per heavy atom. The van der Waals surface area contributed by atoms with Gasteiger partial charge in [-0.05, 0) is 135 Å². The summed E-state index contributed by atoms with van der Waals surface area (Å²) in [5.41, 5.74) is 8.70. The van der Waals surface area contributed by atoms with E-state index in [1.54, 1.807) is 17.4 Å².